The third-order valence-corrected chi connectivity index (χ3v) is 4.51. The molecule has 1 aromatic heterocycles. The van der Waals surface area contributed by atoms with E-state index in [1.807, 2.05) is 0 Å². The summed E-state index contributed by atoms with van der Waals surface area (Å²) < 4.78 is 2.23. The highest BCUT2D eigenvalue weighted by atomic mass is 16.3. The molecule has 106 valence electrons. The molecule has 0 bridgehead atoms. The van der Waals surface area contributed by atoms with Crippen molar-refractivity contribution in [3.8, 4) is 0 Å². The van der Waals surface area contributed by atoms with Crippen LogP contribution in [0.2, 0.25) is 0 Å². The Morgan fingerprint density at radius 1 is 1.26 bits per heavy atom. The van der Waals surface area contributed by atoms with Gasteiger partial charge in [0.1, 0.15) is 11.6 Å². The molecule has 2 aliphatic heterocycles. The molecule has 0 aromatic carbocycles. The van der Waals surface area contributed by atoms with Crippen LogP contribution < -0.4 is 0 Å². The van der Waals surface area contributed by atoms with E-state index in [9.17, 15) is 5.11 Å². The van der Waals surface area contributed by atoms with Crippen LogP contribution in [0.25, 0.3) is 0 Å². The summed E-state index contributed by atoms with van der Waals surface area (Å²) in [6, 6.07) is 1.22. The van der Waals surface area contributed by atoms with Gasteiger partial charge in [-0.25, -0.2) is 0 Å². The maximum atomic E-state index is 9.67. The lowest BCUT2D eigenvalue weighted by atomic mass is 10.1. The molecule has 2 unspecified atom stereocenters. The largest absolute Gasteiger partial charge is 0.393 e. The van der Waals surface area contributed by atoms with Crippen LogP contribution in [0.15, 0.2) is 0 Å². The lowest BCUT2D eigenvalue weighted by Crippen LogP contribution is -2.37. The minimum Gasteiger partial charge on any atom is -0.393 e. The molecule has 1 aromatic rings. The highest BCUT2D eigenvalue weighted by Crippen LogP contribution is 2.24. The number of fused-ring (bicyclic) bond motifs is 1. The second-order valence-electron chi connectivity index (χ2n) is 6.16. The Labute approximate surface area is 114 Å². The van der Waals surface area contributed by atoms with Crippen LogP contribution in [-0.2, 0) is 19.4 Å². The van der Waals surface area contributed by atoms with Crippen molar-refractivity contribution >= 4 is 0 Å². The fourth-order valence-corrected chi connectivity index (χ4v) is 3.49. The van der Waals surface area contributed by atoms with Gasteiger partial charge >= 0.3 is 0 Å². The Balaban J connectivity index is 1.74. The first kappa shape index (κ1) is 13.1. The summed E-state index contributed by atoms with van der Waals surface area (Å²) >= 11 is 0. The van der Waals surface area contributed by atoms with Gasteiger partial charge in [-0.1, -0.05) is 0 Å². The second-order valence-corrected chi connectivity index (χ2v) is 6.16. The molecule has 3 rings (SSSR count). The molecule has 0 aliphatic carbocycles. The summed E-state index contributed by atoms with van der Waals surface area (Å²) in [6.45, 7) is 6.62. The van der Waals surface area contributed by atoms with Crippen LogP contribution in [-0.4, -0.2) is 49.5 Å². The van der Waals surface area contributed by atoms with E-state index in [4.69, 9.17) is 0 Å². The average molecular weight is 264 g/mol. The maximum Gasteiger partial charge on any atom is 0.135 e. The van der Waals surface area contributed by atoms with Crippen molar-refractivity contribution in [2.24, 2.45) is 0 Å². The maximum absolute atomic E-state index is 9.67. The lowest BCUT2D eigenvalue weighted by Gasteiger charge is -2.28. The van der Waals surface area contributed by atoms with E-state index in [2.05, 4.69) is 33.5 Å². The van der Waals surface area contributed by atoms with Gasteiger partial charge in [0.15, 0.2) is 0 Å². The Morgan fingerprint density at radius 3 is 2.89 bits per heavy atom. The number of likely N-dealkylation sites (tertiary alicyclic amines) is 1. The van der Waals surface area contributed by atoms with E-state index >= 15 is 0 Å². The van der Waals surface area contributed by atoms with Crippen LogP contribution >= 0.6 is 0 Å². The number of aliphatic hydroxyl groups excluding tert-OH is 1. The van der Waals surface area contributed by atoms with Crippen LogP contribution in [0.1, 0.15) is 44.8 Å². The van der Waals surface area contributed by atoms with Crippen molar-refractivity contribution in [2.45, 2.75) is 70.7 Å². The number of hydrogen-bond donors (Lipinski definition) is 1. The summed E-state index contributed by atoms with van der Waals surface area (Å²) in [5.41, 5.74) is 0. The zero-order valence-corrected chi connectivity index (χ0v) is 11.9. The molecule has 2 aliphatic rings. The predicted octanol–water partition coefficient (Wildman–Crippen LogP) is 1.00. The molecule has 2 atom stereocenters. The molecule has 0 saturated carbocycles. The third kappa shape index (κ3) is 2.54. The van der Waals surface area contributed by atoms with Gasteiger partial charge in [-0.2, -0.15) is 0 Å². The first-order valence-electron chi connectivity index (χ1n) is 7.50. The Hall–Kier alpha value is -0.940. The van der Waals surface area contributed by atoms with Gasteiger partial charge in [0.25, 0.3) is 0 Å². The fourth-order valence-electron chi connectivity index (χ4n) is 3.49. The molecule has 5 nitrogen and oxygen atoms in total. The van der Waals surface area contributed by atoms with E-state index < -0.39 is 0 Å². The van der Waals surface area contributed by atoms with Crippen LogP contribution in [0.4, 0.5) is 0 Å². The monoisotopic (exact) mass is 264 g/mol. The first-order chi connectivity index (χ1) is 9.15. The highest BCUT2D eigenvalue weighted by Gasteiger charge is 2.29. The molecule has 0 spiro atoms. The Kier molecular flexibility index (Phi) is 3.58. The van der Waals surface area contributed by atoms with Crippen molar-refractivity contribution in [1.29, 1.82) is 0 Å². The highest BCUT2D eigenvalue weighted by molar-refractivity contribution is 5.03. The van der Waals surface area contributed by atoms with Crippen molar-refractivity contribution in [2.75, 3.05) is 6.54 Å². The van der Waals surface area contributed by atoms with Gasteiger partial charge in [0, 0.05) is 31.5 Å². The van der Waals surface area contributed by atoms with Crippen molar-refractivity contribution in [3.05, 3.63) is 11.6 Å². The van der Waals surface area contributed by atoms with Gasteiger partial charge in [-0.15, -0.1) is 10.2 Å². The average Bonchev–Trinajstić information content (AvgIpc) is 2.97. The molecular formula is C14H24N4O. The van der Waals surface area contributed by atoms with Crippen LogP contribution in [0.5, 0.6) is 0 Å². The molecule has 1 N–H and O–H groups in total. The van der Waals surface area contributed by atoms with E-state index in [0.717, 1.165) is 31.0 Å². The zero-order valence-electron chi connectivity index (χ0n) is 11.9. The number of hydrogen-bond acceptors (Lipinski definition) is 4. The fraction of sp³-hybridized carbons (Fsp3) is 0.857. The summed E-state index contributed by atoms with van der Waals surface area (Å²) in [5, 5.41) is 18.3. The zero-order chi connectivity index (χ0) is 13.4. The van der Waals surface area contributed by atoms with Crippen LogP contribution in [0, 0.1) is 0 Å². The minimum absolute atomic E-state index is 0.233. The standard InChI is InChI=1S/C14H24N4O/c1-10(2)17-6-3-4-11(17)8-13-15-16-14-9-12(19)5-7-18(13)14/h10-12,19H,3-9H2,1-2H3. The van der Waals surface area contributed by atoms with Gasteiger partial charge in [0.05, 0.1) is 6.10 Å². The molecule has 3 heterocycles. The van der Waals surface area contributed by atoms with Crippen molar-refractivity contribution in [3.63, 3.8) is 0 Å². The Morgan fingerprint density at radius 2 is 2.11 bits per heavy atom. The smallest absolute Gasteiger partial charge is 0.135 e. The Bertz CT molecular complexity index is 443. The van der Waals surface area contributed by atoms with Gasteiger partial charge < -0.3 is 9.67 Å². The molecular weight excluding hydrogens is 240 g/mol. The minimum atomic E-state index is -0.233. The van der Waals surface area contributed by atoms with Gasteiger partial charge in [-0.05, 0) is 39.7 Å². The first-order valence-corrected chi connectivity index (χ1v) is 7.50. The van der Waals surface area contributed by atoms with E-state index in [1.165, 1.54) is 19.4 Å². The molecule has 1 fully saturated rings. The summed E-state index contributed by atoms with van der Waals surface area (Å²) in [5.74, 6) is 2.07. The number of aliphatic hydroxyl groups is 1. The third-order valence-electron chi connectivity index (χ3n) is 4.51. The van der Waals surface area contributed by atoms with E-state index in [0.29, 0.717) is 18.5 Å². The lowest BCUT2D eigenvalue weighted by molar-refractivity contribution is 0.140. The predicted molar refractivity (Wildman–Crippen MR) is 72.9 cm³/mol. The van der Waals surface area contributed by atoms with Gasteiger partial charge in [0.2, 0.25) is 0 Å². The number of rotatable bonds is 3. The number of aromatic nitrogens is 3. The normalized spacial score (nSPS) is 28.0. The topological polar surface area (TPSA) is 54.2 Å². The molecule has 1 saturated heterocycles. The molecule has 5 heteroatoms. The summed E-state index contributed by atoms with van der Waals surface area (Å²) in [6.07, 6.45) is 4.82. The molecule has 19 heavy (non-hydrogen) atoms. The SMILES string of the molecule is CC(C)N1CCCC1Cc1nnc2n1CCC(O)C2. The van der Waals surface area contributed by atoms with Crippen molar-refractivity contribution in [1.82, 2.24) is 19.7 Å². The van der Waals surface area contributed by atoms with E-state index in [1.54, 1.807) is 0 Å². The van der Waals surface area contributed by atoms with E-state index in [-0.39, 0.29) is 6.10 Å². The second kappa shape index (κ2) is 5.21. The van der Waals surface area contributed by atoms with Crippen LogP contribution in [0.3, 0.4) is 0 Å². The molecule has 0 radical (unpaired) electrons. The van der Waals surface area contributed by atoms with Gasteiger partial charge in [-0.3, -0.25) is 4.90 Å². The quantitative estimate of drug-likeness (QED) is 0.885. The number of nitrogens with zero attached hydrogens (tertiary/aromatic N) is 4. The molecule has 0 amide bonds. The van der Waals surface area contributed by atoms with Crippen molar-refractivity contribution < 1.29 is 5.11 Å². The summed E-state index contributed by atoms with van der Waals surface area (Å²) in [4.78, 5) is 2.58. The summed E-state index contributed by atoms with van der Waals surface area (Å²) in [7, 11) is 0.